The van der Waals surface area contributed by atoms with E-state index in [-0.39, 0.29) is 5.91 Å². The molecule has 3 nitrogen and oxygen atoms in total. The summed E-state index contributed by atoms with van der Waals surface area (Å²) in [6.07, 6.45) is 0. The van der Waals surface area contributed by atoms with Gasteiger partial charge in [0.05, 0.1) is 21.7 Å². The molecule has 2 aromatic carbocycles. The first kappa shape index (κ1) is 15.4. The summed E-state index contributed by atoms with van der Waals surface area (Å²) in [5.74, 6) is -0.178. The number of benzene rings is 2. The maximum atomic E-state index is 12.4. The monoisotopic (exact) mass is 318 g/mol. The van der Waals surface area contributed by atoms with Crippen molar-refractivity contribution in [2.24, 2.45) is 0 Å². The van der Waals surface area contributed by atoms with Crippen molar-refractivity contribution < 1.29 is 4.79 Å². The number of nitriles is 1. The molecule has 0 N–H and O–H groups in total. The first-order chi connectivity index (χ1) is 10.0. The Kier molecular flexibility index (Phi) is 4.85. The molecule has 0 saturated carbocycles. The lowest BCUT2D eigenvalue weighted by atomic mass is 10.1. The second-order valence-electron chi connectivity index (χ2n) is 4.57. The first-order valence-electron chi connectivity index (χ1n) is 6.21. The molecule has 2 aromatic rings. The van der Waals surface area contributed by atoms with Crippen LogP contribution in [0.1, 0.15) is 21.5 Å². The zero-order chi connectivity index (χ0) is 15.4. The minimum absolute atomic E-state index is 0.178. The highest BCUT2D eigenvalue weighted by Crippen LogP contribution is 2.26. The Morgan fingerprint density at radius 3 is 2.67 bits per heavy atom. The summed E-state index contributed by atoms with van der Waals surface area (Å²) < 4.78 is 0. The molecule has 0 aliphatic rings. The average molecular weight is 319 g/mol. The Balaban J connectivity index is 2.20. The molecule has 0 unspecified atom stereocenters. The number of rotatable bonds is 3. The summed E-state index contributed by atoms with van der Waals surface area (Å²) in [5.41, 5.74) is 1.70. The zero-order valence-corrected chi connectivity index (χ0v) is 12.8. The SMILES string of the molecule is CN(Cc1cccc(Cl)c1Cl)C(=O)c1cccc(C#N)c1. The molecule has 0 aliphatic carbocycles. The third-order valence-corrected chi connectivity index (χ3v) is 3.88. The largest absolute Gasteiger partial charge is 0.337 e. The molecule has 21 heavy (non-hydrogen) atoms. The molecule has 0 heterocycles. The molecule has 0 radical (unpaired) electrons. The fourth-order valence-corrected chi connectivity index (χ4v) is 2.32. The number of amides is 1. The van der Waals surface area contributed by atoms with Crippen molar-refractivity contribution in [2.75, 3.05) is 7.05 Å². The van der Waals surface area contributed by atoms with Gasteiger partial charge < -0.3 is 4.90 Å². The smallest absolute Gasteiger partial charge is 0.253 e. The molecule has 0 saturated heterocycles. The van der Waals surface area contributed by atoms with Crippen molar-refractivity contribution in [2.45, 2.75) is 6.54 Å². The summed E-state index contributed by atoms with van der Waals surface area (Å²) in [6, 6.07) is 13.9. The molecule has 0 aliphatic heterocycles. The van der Waals surface area contributed by atoms with Crippen LogP contribution >= 0.6 is 23.2 Å². The van der Waals surface area contributed by atoms with Crippen molar-refractivity contribution in [3.8, 4) is 6.07 Å². The Morgan fingerprint density at radius 1 is 1.24 bits per heavy atom. The van der Waals surface area contributed by atoms with Crippen LogP contribution in [0, 0.1) is 11.3 Å². The second kappa shape index (κ2) is 6.62. The Morgan fingerprint density at radius 2 is 1.95 bits per heavy atom. The minimum atomic E-state index is -0.178. The quantitative estimate of drug-likeness (QED) is 0.853. The van der Waals surface area contributed by atoms with Crippen LogP contribution in [-0.2, 0) is 6.54 Å². The summed E-state index contributed by atoms with van der Waals surface area (Å²) in [4.78, 5) is 13.9. The molecule has 0 aromatic heterocycles. The highest BCUT2D eigenvalue weighted by Gasteiger charge is 2.14. The van der Waals surface area contributed by atoms with E-state index < -0.39 is 0 Å². The lowest BCUT2D eigenvalue weighted by Crippen LogP contribution is -2.26. The van der Waals surface area contributed by atoms with E-state index in [2.05, 4.69) is 0 Å². The third-order valence-electron chi connectivity index (χ3n) is 3.02. The van der Waals surface area contributed by atoms with E-state index in [0.717, 1.165) is 5.56 Å². The summed E-state index contributed by atoms with van der Waals surface area (Å²) in [6.45, 7) is 0.342. The Bertz CT molecular complexity index is 722. The van der Waals surface area contributed by atoms with Gasteiger partial charge in [0.2, 0.25) is 0 Å². The van der Waals surface area contributed by atoms with Crippen molar-refractivity contribution in [3.63, 3.8) is 0 Å². The molecular formula is C16H12Cl2N2O. The standard InChI is InChI=1S/C16H12Cl2N2O/c1-20(10-13-6-3-7-14(17)15(13)18)16(21)12-5-2-4-11(8-12)9-19/h2-8H,10H2,1H3. The number of carbonyl (C=O) groups excluding carboxylic acids is 1. The van der Waals surface area contributed by atoms with Crippen LogP contribution in [0.3, 0.4) is 0 Å². The van der Waals surface area contributed by atoms with E-state index in [1.54, 1.807) is 43.4 Å². The normalized spacial score (nSPS) is 10.0. The van der Waals surface area contributed by atoms with Crippen LogP contribution in [0.2, 0.25) is 10.0 Å². The molecule has 2 rings (SSSR count). The van der Waals surface area contributed by atoms with Gasteiger partial charge in [0.25, 0.3) is 5.91 Å². The van der Waals surface area contributed by atoms with Crippen molar-refractivity contribution in [1.82, 2.24) is 4.90 Å². The van der Waals surface area contributed by atoms with Crippen LogP contribution in [-0.4, -0.2) is 17.9 Å². The van der Waals surface area contributed by atoms with E-state index in [9.17, 15) is 4.79 Å². The van der Waals surface area contributed by atoms with E-state index in [1.807, 2.05) is 12.1 Å². The molecular weight excluding hydrogens is 307 g/mol. The van der Waals surface area contributed by atoms with Gasteiger partial charge in [-0.05, 0) is 29.8 Å². The maximum absolute atomic E-state index is 12.4. The summed E-state index contributed by atoms with van der Waals surface area (Å²) >= 11 is 12.1. The van der Waals surface area contributed by atoms with Crippen LogP contribution < -0.4 is 0 Å². The number of nitrogens with zero attached hydrogens (tertiary/aromatic N) is 2. The van der Waals surface area contributed by atoms with Gasteiger partial charge in [0, 0.05) is 19.2 Å². The van der Waals surface area contributed by atoms with Gasteiger partial charge in [0.1, 0.15) is 0 Å². The van der Waals surface area contributed by atoms with Crippen LogP contribution in [0.4, 0.5) is 0 Å². The van der Waals surface area contributed by atoms with Crippen molar-refractivity contribution in [1.29, 1.82) is 5.26 Å². The maximum Gasteiger partial charge on any atom is 0.253 e. The highest BCUT2D eigenvalue weighted by molar-refractivity contribution is 6.42. The van der Waals surface area contributed by atoms with Crippen LogP contribution in [0.15, 0.2) is 42.5 Å². The summed E-state index contributed by atoms with van der Waals surface area (Å²) in [5, 5.41) is 9.79. The molecule has 0 atom stereocenters. The van der Waals surface area contributed by atoms with Gasteiger partial charge in [-0.3, -0.25) is 4.79 Å². The van der Waals surface area contributed by atoms with Gasteiger partial charge in [-0.15, -0.1) is 0 Å². The van der Waals surface area contributed by atoms with Gasteiger partial charge >= 0.3 is 0 Å². The van der Waals surface area contributed by atoms with E-state index >= 15 is 0 Å². The number of carbonyl (C=O) groups is 1. The lowest BCUT2D eigenvalue weighted by Gasteiger charge is -2.18. The molecule has 0 bridgehead atoms. The molecule has 106 valence electrons. The number of hydrogen-bond donors (Lipinski definition) is 0. The predicted molar refractivity (Wildman–Crippen MR) is 83.4 cm³/mol. The minimum Gasteiger partial charge on any atom is -0.337 e. The summed E-state index contributed by atoms with van der Waals surface area (Å²) in [7, 11) is 1.68. The molecule has 5 heteroatoms. The highest BCUT2D eigenvalue weighted by atomic mass is 35.5. The predicted octanol–water partition coefficient (Wildman–Crippen LogP) is 4.14. The van der Waals surface area contributed by atoms with Gasteiger partial charge in [-0.25, -0.2) is 0 Å². The molecule has 0 spiro atoms. The van der Waals surface area contributed by atoms with Gasteiger partial charge in [-0.1, -0.05) is 41.4 Å². The fourth-order valence-electron chi connectivity index (χ4n) is 1.94. The van der Waals surface area contributed by atoms with Crippen LogP contribution in [0.5, 0.6) is 0 Å². The number of hydrogen-bond acceptors (Lipinski definition) is 2. The van der Waals surface area contributed by atoms with E-state index in [4.69, 9.17) is 28.5 Å². The molecule has 1 amide bonds. The van der Waals surface area contributed by atoms with Crippen LogP contribution in [0.25, 0.3) is 0 Å². The Labute approximate surface area is 133 Å². The van der Waals surface area contributed by atoms with Gasteiger partial charge in [0.15, 0.2) is 0 Å². The zero-order valence-electron chi connectivity index (χ0n) is 11.3. The van der Waals surface area contributed by atoms with Gasteiger partial charge in [-0.2, -0.15) is 5.26 Å². The Hall–Kier alpha value is -2.02. The fraction of sp³-hybridized carbons (Fsp3) is 0.125. The lowest BCUT2D eigenvalue weighted by molar-refractivity contribution is 0.0785. The topological polar surface area (TPSA) is 44.1 Å². The van der Waals surface area contributed by atoms with E-state index in [0.29, 0.717) is 27.7 Å². The average Bonchev–Trinajstić information content (AvgIpc) is 2.51. The first-order valence-corrected chi connectivity index (χ1v) is 6.97. The second-order valence-corrected chi connectivity index (χ2v) is 5.35. The van der Waals surface area contributed by atoms with E-state index in [1.165, 1.54) is 4.90 Å². The number of halogens is 2. The van der Waals surface area contributed by atoms with Crippen molar-refractivity contribution >= 4 is 29.1 Å². The van der Waals surface area contributed by atoms with Crippen molar-refractivity contribution in [3.05, 3.63) is 69.2 Å². The molecule has 0 fully saturated rings. The third kappa shape index (κ3) is 3.55.